The van der Waals surface area contributed by atoms with Crippen LogP contribution in [0.25, 0.3) is 11.4 Å². The maximum Gasteiger partial charge on any atom is 0.254 e. The SMILES string of the molecule is COc1ccc(C[C@H]2CN(C(=O)c3cccc(-c4ncc[nH]4)c3)CCO2)cc1. The summed E-state index contributed by atoms with van der Waals surface area (Å²) in [6, 6.07) is 15.5. The Morgan fingerprint density at radius 2 is 2.14 bits per heavy atom. The van der Waals surface area contributed by atoms with E-state index in [9.17, 15) is 4.79 Å². The van der Waals surface area contributed by atoms with Crippen LogP contribution in [0.4, 0.5) is 0 Å². The molecule has 1 saturated heterocycles. The molecule has 3 aromatic rings. The Hall–Kier alpha value is -3.12. The summed E-state index contributed by atoms with van der Waals surface area (Å²) in [4.78, 5) is 22.2. The highest BCUT2D eigenvalue weighted by atomic mass is 16.5. The number of rotatable bonds is 5. The van der Waals surface area contributed by atoms with E-state index in [2.05, 4.69) is 9.97 Å². The number of ether oxygens (including phenoxy) is 2. The van der Waals surface area contributed by atoms with Gasteiger partial charge < -0.3 is 19.4 Å². The molecule has 0 radical (unpaired) electrons. The van der Waals surface area contributed by atoms with Crippen molar-refractivity contribution in [1.29, 1.82) is 0 Å². The van der Waals surface area contributed by atoms with Crippen molar-refractivity contribution in [3.8, 4) is 17.1 Å². The van der Waals surface area contributed by atoms with Crippen LogP contribution in [0.3, 0.4) is 0 Å². The third-order valence-electron chi connectivity index (χ3n) is 4.93. The predicted molar refractivity (Wildman–Crippen MR) is 106 cm³/mol. The van der Waals surface area contributed by atoms with Gasteiger partial charge in [-0.3, -0.25) is 4.79 Å². The smallest absolute Gasteiger partial charge is 0.254 e. The highest BCUT2D eigenvalue weighted by molar-refractivity contribution is 5.95. The molecule has 1 aliphatic rings. The zero-order valence-corrected chi connectivity index (χ0v) is 15.8. The molecule has 1 aliphatic heterocycles. The number of imidazole rings is 1. The molecule has 0 aliphatic carbocycles. The Morgan fingerprint density at radius 3 is 2.89 bits per heavy atom. The van der Waals surface area contributed by atoms with Crippen LogP contribution in [-0.4, -0.2) is 53.7 Å². The molecule has 28 heavy (non-hydrogen) atoms. The van der Waals surface area contributed by atoms with Crippen LogP contribution in [0.2, 0.25) is 0 Å². The minimum absolute atomic E-state index is 0.0145. The first-order valence-corrected chi connectivity index (χ1v) is 9.36. The fourth-order valence-electron chi connectivity index (χ4n) is 3.46. The zero-order chi connectivity index (χ0) is 19.3. The van der Waals surface area contributed by atoms with Crippen LogP contribution in [0, 0.1) is 0 Å². The van der Waals surface area contributed by atoms with Gasteiger partial charge in [0, 0.05) is 43.0 Å². The number of aromatic amines is 1. The summed E-state index contributed by atoms with van der Waals surface area (Å²) < 4.78 is 11.1. The Labute approximate surface area is 164 Å². The average molecular weight is 377 g/mol. The molecule has 2 heterocycles. The molecule has 0 bridgehead atoms. The van der Waals surface area contributed by atoms with E-state index in [-0.39, 0.29) is 12.0 Å². The maximum absolute atomic E-state index is 13.0. The first-order valence-electron chi connectivity index (χ1n) is 9.36. The monoisotopic (exact) mass is 377 g/mol. The quantitative estimate of drug-likeness (QED) is 0.742. The second kappa shape index (κ2) is 8.27. The number of amides is 1. The van der Waals surface area contributed by atoms with E-state index in [0.29, 0.717) is 25.3 Å². The molecule has 1 amide bonds. The van der Waals surface area contributed by atoms with Crippen LogP contribution < -0.4 is 4.74 Å². The van der Waals surface area contributed by atoms with Crippen molar-refractivity contribution in [3.63, 3.8) is 0 Å². The third kappa shape index (κ3) is 4.07. The minimum Gasteiger partial charge on any atom is -0.497 e. The van der Waals surface area contributed by atoms with E-state index in [0.717, 1.165) is 23.6 Å². The van der Waals surface area contributed by atoms with Crippen molar-refractivity contribution in [2.45, 2.75) is 12.5 Å². The number of hydrogen-bond acceptors (Lipinski definition) is 4. The van der Waals surface area contributed by atoms with Crippen LogP contribution in [-0.2, 0) is 11.2 Å². The van der Waals surface area contributed by atoms with E-state index in [1.807, 2.05) is 53.4 Å². The summed E-state index contributed by atoms with van der Waals surface area (Å²) in [5.41, 5.74) is 2.73. The fraction of sp³-hybridized carbons (Fsp3) is 0.273. The lowest BCUT2D eigenvalue weighted by atomic mass is 10.0. The fourth-order valence-corrected chi connectivity index (χ4v) is 3.46. The number of carbonyl (C=O) groups excluding carboxylic acids is 1. The van der Waals surface area contributed by atoms with Gasteiger partial charge in [-0.1, -0.05) is 24.3 Å². The number of H-pyrrole nitrogens is 1. The second-order valence-electron chi connectivity index (χ2n) is 6.81. The number of morpholine rings is 1. The Morgan fingerprint density at radius 1 is 1.29 bits per heavy atom. The van der Waals surface area contributed by atoms with Crippen molar-refractivity contribution in [2.75, 3.05) is 26.8 Å². The molecule has 6 heteroatoms. The molecule has 0 spiro atoms. The van der Waals surface area contributed by atoms with E-state index >= 15 is 0 Å². The summed E-state index contributed by atoms with van der Waals surface area (Å²) in [7, 11) is 1.66. The number of aromatic nitrogens is 2. The molecule has 1 atom stereocenters. The number of methoxy groups -OCH3 is 1. The van der Waals surface area contributed by atoms with Crippen LogP contribution in [0.1, 0.15) is 15.9 Å². The van der Waals surface area contributed by atoms with Gasteiger partial charge in [0.15, 0.2) is 0 Å². The second-order valence-corrected chi connectivity index (χ2v) is 6.81. The third-order valence-corrected chi connectivity index (χ3v) is 4.93. The standard InChI is InChI=1S/C22H23N3O3/c1-27-19-7-5-16(6-8-19)13-20-15-25(11-12-28-20)22(26)18-4-2-3-17(14-18)21-23-9-10-24-21/h2-10,14,20H,11-13,15H2,1H3,(H,23,24)/t20-/m0/s1. The van der Waals surface area contributed by atoms with Gasteiger partial charge in [-0.05, 0) is 29.8 Å². The summed E-state index contributed by atoms with van der Waals surface area (Å²) >= 11 is 0. The Bertz CT molecular complexity index is 922. The summed E-state index contributed by atoms with van der Waals surface area (Å²) in [5, 5.41) is 0. The number of benzene rings is 2. The lowest BCUT2D eigenvalue weighted by Gasteiger charge is -2.33. The molecule has 6 nitrogen and oxygen atoms in total. The van der Waals surface area contributed by atoms with E-state index in [1.54, 1.807) is 19.5 Å². The molecule has 1 aromatic heterocycles. The van der Waals surface area contributed by atoms with Gasteiger partial charge in [0.05, 0.1) is 19.8 Å². The molecule has 4 rings (SSSR count). The summed E-state index contributed by atoms with van der Waals surface area (Å²) in [5.74, 6) is 1.62. The number of nitrogens with zero attached hydrogens (tertiary/aromatic N) is 2. The van der Waals surface area contributed by atoms with Gasteiger partial charge in [-0.2, -0.15) is 0 Å². The van der Waals surface area contributed by atoms with E-state index in [4.69, 9.17) is 9.47 Å². The first kappa shape index (κ1) is 18.3. The Kier molecular flexibility index (Phi) is 5.39. The summed E-state index contributed by atoms with van der Waals surface area (Å²) in [6.07, 6.45) is 4.23. The molecule has 1 N–H and O–H groups in total. The zero-order valence-electron chi connectivity index (χ0n) is 15.8. The number of hydrogen-bond donors (Lipinski definition) is 1. The van der Waals surface area contributed by atoms with Crippen molar-refractivity contribution < 1.29 is 14.3 Å². The normalized spacial score (nSPS) is 16.8. The lowest BCUT2D eigenvalue weighted by Crippen LogP contribution is -2.46. The van der Waals surface area contributed by atoms with E-state index in [1.165, 1.54) is 5.56 Å². The number of nitrogens with one attached hydrogen (secondary N) is 1. The van der Waals surface area contributed by atoms with Crippen molar-refractivity contribution in [2.24, 2.45) is 0 Å². The highest BCUT2D eigenvalue weighted by Crippen LogP contribution is 2.20. The minimum atomic E-state index is -0.0145. The lowest BCUT2D eigenvalue weighted by molar-refractivity contribution is -0.0208. The van der Waals surface area contributed by atoms with E-state index < -0.39 is 0 Å². The van der Waals surface area contributed by atoms with Crippen molar-refractivity contribution in [3.05, 3.63) is 72.1 Å². The highest BCUT2D eigenvalue weighted by Gasteiger charge is 2.25. The molecular formula is C22H23N3O3. The van der Waals surface area contributed by atoms with Crippen molar-refractivity contribution in [1.82, 2.24) is 14.9 Å². The summed E-state index contributed by atoms with van der Waals surface area (Å²) in [6.45, 7) is 1.73. The maximum atomic E-state index is 13.0. The molecule has 144 valence electrons. The van der Waals surface area contributed by atoms with Gasteiger partial charge in [-0.25, -0.2) is 4.98 Å². The van der Waals surface area contributed by atoms with Gasteiger partial charge in [0.1, 0.15) is 11.6 Å². The van der Waals surface area contributed by atoms with Crippen LogP contribution >= 0.6 is 0 Å². The number of carbonyl (C=O) groups is 1. The first-order chi connectivity index (χ1) is 13.7. The van der Waals surface area contributed by atoms with Crippen molar-refractivity contribution >= 4 is 5.91 Å². The predicted octanol–water partition coefficient (Wildman–Crippen LogP) is 3.17. The Balaban J connectivity index is 1.44. The molecule has 1 fully saturated rings. The van der Waals surface area contributed by atoms with Crippen LogP contribution in [0.15, 0.2) is 60.9 Å². The molecule has 0 saturated carbocycles. The van der Waals surface area contributed by atoms with Gasteiger partial charge in [0.25, 0.3) is 5.91 Å². The molecule has 2 aromatic carbocycles. The average Bonchev–Trinajstić information content (AvgIpc) is 3.29. The van der Waals surface area contributed by atoms with Gasteiger partial charge in [0.2, 0.25) is 0 Å². The van der Waals surface area contributed by atoms with Gasteiger partial charge >= 0.3 is 0 Å². The molecule has 0 unspecified atom stereocenters. The molecular weight excluding hydrogens is 354 g/mol. The largest absolute Gasteiger partial charge is 0.497 e. The van der Waals surface area contributed by atoms with Gasteiger partial charge in [-0.15, -0.1) is 0 Å². The van der Waals surface area contributed by atoms with Crippen LogP contribution in [0.5, 0.6) is 5.75 Å². The topological polar surface area (TPSA) is 67.5 Å².